The summed E-state index contributed by atoms with van der Waals surface area (Å²) in [5.74, 6) is 0.748. The van der Waals surface area contributed by atoms with Gasteiger partial charge in [-0.05, 0) is 0 Å². The van der Waals surface area contributed by atoms with E-state index in [1.807, 2.05) is 0 Å². The first-order valence-electron chi connectivity index (χ1n) is 4.31. The quantitative estimate of drug-likeness (QED) is 0.770. The van der Waals surface area contributed by atoms with Gasteiger partial charge in [0.15, 0.2) is 5.15 Å². The second-order valence-corrected chi connectivity index (χ2v) is 4.43. The highest BCUT2D eigenvalue weighted by molar-refractivity contribution is 6.30. The fraction of sp³-hybridized carbons (Fsp3) is 0.667. The minimum absolute atomic E-state index is 0.0300. The van der Waals surface area contributed by atoms with Crippen LogP contribution in [0, 0.1) is 0 Å². The molecule has 0 amide bonds. The van der Waals surface area contributed by atoms with E-state index in [0.29, 0.717) is 11.6 Å². The molecule has 2 N–H and O–H groups in total. The maximum absolute atomic E-state index is 8.72. The second-order valence-electron chi connectivity index (χ2n) is 4.07. The molecule has 0 bridgehead atoms. The molecule has 0 unspecified atom stereocenters. The minimum Gasteiger partial charge on any atom is -0.396 e. The van der Waals surface area contributed by atoms with Crippen molar-refractivity contribution in [3.05, 3.63) is 16.7 Å². The van der Waals surface area contributed by atoms with Crippen molar-refractivity contribution in [3.8, 4) is 0 Å². The van der Waals surface area contributed by atoms with E-state index in [9.17, 15) is 0 Å². The van der Waals surface area contributed by atoms with E-state index in [1.54, 1.807) is 0 Å². The number of aliphatic hydroxyl groups is 1. The zero-order valence-corrected chi connectivity index (χ0v) is 8.94. The molecule has 0 aliphatic carbocycles. The molecule has 0 aliphatic rings. The predicted molar refractivity (Wildman–Crippen MR) is 53.1 cm³/mol. The van der Waals surface area contributed by atoms with Crippen LogP contribution < -0.4 is 0 Å². The Labute approximate surface area is 83.1 Å². The van der Waals surface area contributed by atoms with Crippen LogP contribution in [0.3, 0.4) is 0 Å². The van der Waals surface area contributed by atoms with Gasteiger partial charge in [-0.3, -0.25) is 0 Å². The molecule has 1 aromatic heterocycles. The summed E-state index contributed by atoms with van der Waals surface area (Å²) in [6.45, 7) is 6.28. The average Bonchev–Trinajstić information content (AvgIpc) is 2.30. The lowest BCUT2D eigenvalue weighted by molar-refractivity contribution is 0.297. The summed E-state index contributed by atoms with van der Waals surface area (Å²) in [5, 5.41) is 9.23. The van der Waals surface area contributed by atoms with Crippen LogP contribution >= 0.6 is 11.6 Å². The summed E-state index contributed by atoms with van der Waals surface area (Å²) in [6.07, 6.45) is 0.524. The third-order valence-electron chi connectivity index (χ3n) is 1.81. The Morgan fingerprint density at radius 3 is 2.46 bits per heavy atom. The van der Waals surface area contributed by atoms with Gasteiger partial charge in [0.2, 0.25) is 0 Å². The van der Waals surface area contributed by atoms with Crippen molar-refractivity contribution in [2.45, 2.75) is 32.6 Å². The van der Waals surface area contributed by atoms with Crippen LogP contribution in [0.1, 0.15) is 32.3 Å². The normalized spacial score (nSPS) is 12.1. The summed E-state index contributed by atoms with van der Waals surface area (Å²) in [5.41, 5.74) is 0.898. The van der Waals surface area contributed by atoms with Crippen molar-refractivity contribution in [1.82, 2.24) is 9.97 Å². The Bertz CT molecular complexity index is 288. The number of aliphatic hydroxyl groups excluding tert-OH is 1. The molecular formula is C9H15ClN2O. The van der Waals surface area contributed by atoms with Gasteiger partial charge in [0, 0.05) is 11.8 Å². The molecule has 0 spiro atoms. The van der Waals surface area contributed by atoms with E-state index in [0.717, 1.165) is 11.5 Å². The first-order valence-corrected chi connectivity index (χ1v) is 4.68. The van der Waals surface area contributed by atoms with E-state index in [2.05, 4.69) is 30.7 Å². The molecule has 13 heavy (non-hydrogen) atoms. The van der Waals surface area contributed by atoms with Gasteiger partial charge in [-0.2, -0.15) is 0 Å². The van der Waals surface area contributed by atoms with Crippen LogP contribution in [-0.2, 0) is 11.8 Å². The lowest BCUT2D eigenvalue weighted by Crippen LogP contribution is -2.12. The zero-order valence-electron chi connectivity index (χ0n) is 8.19. The molecule has 1 heterocycles. The molecule has 4 heteroatoms. The van der Waals surface area contributed by atoms with Crippen molar-refractivity contribution < 1.29 is 5.11 Å². The number of nitrogens with zero attached hydrogens (tertiary/aromatic N) is 1. The highest BCUT2D eigenvalue weighted by Gasteiger charge is 2.20. The third-order valence-corrected chi connectivity index (χ3v) is 2.08. The van der Waals surface area contributed by atoms with Crippen LogP contribution in [0.4, 0.5) is 0 Å². The summed E-state index contributed by atoms with van der Waals surface area (Å²) in [7, 11) is 0. The van der Waals surface area contributed by atoms with Crippen LogP contribution in [0.5, 0.6) is 0 Å². The molecule has 0 saturated heterocycles. The van der Waals surface area contributed by atoms with E-state index in [-0.39, 0.29) is 12.0 Å². The zero-order chi connectivity index (χ0) is 10.1. The van der Waals surface area contributed by atoms with Gasteiger partial charge >= 0.3 is 0 Å². The number of aromatic nitrogens is 2. The largest absolute Gasteiger partial charge is 0.396 e. The number of H-pyrrole nitrogens is 1. The molecule has 74 valence electrons. The molecule has 0 aliphatic heterocycles. The van der Waals surface area contributed by atoms with Crippen LogP contribution in [0.25, 0.3) is 0 Å². The summed E-state index contributed by atoms with van der Waals surface area (Å²) < 4.78 is 0. The first-order chi connectivity index (χ1) is 5.95. The number of hydrogen-bond acceptors (Lipinski definition) is 2. The minimum atomic E-state index is -0.0300. The summed E-state index contributed by atoms with van der Waals surface area (Å²) >= 11 is 5.94. The van der Waals surface area contributed by atoms with Gasteiger partial charge in [-0.15, -0.1) is 0 Å². The molecule has 3 nitrogen and oxygen atoms in total. The lowest BCUT2D eigenvalue weighted by Gasteiger charge is -2.16. The van der Waals surface area contributed by atoms with Crippen LogP contribution in [0.15, 0.2) is 0 Å². The molecule has 0 fully saturated rings. The van der Waals surface area contributed by atoms with E-state index >= 15 is 0 Å². The molecule has 0 atom stereocenters. The first kappa shape index (κ1) is 10.5. The second kappa shape index (κ2) is 3.68. The third kappa shape index (κ3) is 2.45. The molecular weight excluding hydrogens is 188 g/mol. The molecule has 0 radical (unpaired) electrons. The summed E-state index contributed by atoms with van der Waals surface area (Å²) in [4.78, 5) is 7.24. The molecule has 1 rings (SSSR count). The average molecular weight is 203 g/mol. The van der Waals surface area contributed by atoms with Gasteiger partial charge in [-0.25, -0.2) is 4.98 Å². The number of nitrogens with one attached hydrogen (secondary N) is 1. The van der Waals surface area contributed by atoms with E-state index < -0.39 is 0 Å². The maximum atomic E-state index is 8.72. The number of rotatable bonds is 2. The van der Waals surface area contributed by atoms with Crippen molar-refractivity contribution in [3.63, 3.8) is 0 Å². The highest BCUT2D eigenvalue weighted by Crippen LogP contribution is 2.26. The Kier molecular flexibility index (Phi) is 2.98. The SMILES string of the molecule is CC(C)(C)c1[nH]c(CCO)nc1Cl. The van der Waals surface area contributed by atoms with E-state index in [4.69, 9.17) is 16.7 Å². The Morgan fingerprint density at radius 1 is 1.46 bits per heavy atom. The predicted octanol–water partition coefficient (Wildman–Crippen LogP) is 1.90. The van der Waals surface area contributed by atoms with Gasteiger partial charge in [0.1, 0.15) is 5.82 Å². The smallest absolute Gasteiger partial charge is 0.150 e. The highest BCUT2D eigenvalue weighted by atomic mass is 35.5. The van der Waals surface area contributed by atoms with Gasteiger partial charge in [0.05, 0.1) is 12.3 Å². The Morgan fingerprint density at radius 2 is 2.08 bits per heavy atom. The number of hydrogen-bond donors (Lipinski definition) is 2. The van der Waals surface area contributed by atoms with Gasteiger partial charge in [-0.1, -0.05) is 32.4 Å². The number of imidazole rings is 1. The monoisotopic (exact) mass is 202 g/mol. The van der Waals surface area contributed by atoms with Crippen molar-refractivity contribution in [1.29, 1.82) is 0 Å². The molecule has 1 aromatic rings. The summed E-state index contributed by atoms with van der Waals surface area (Å²) in [6, 6.07) is 0. The topological polar surface area (TPSA) is 48.9 Å². The Hall–Kier alpha value is -0.540. The number of halogens is 1. The van der Waals surface area contributed by atoms with Crippen LogP contribution in [0.2, 0.25) is 5.15 Å². The van der Waals surface area contributed by atoms with Gasteiger partial charge in [0.25, 0.3) is 0 Å². The molecule has 0 aromatic carbocycles. The molecule has 0 saturated carbocycles. The van der Waals surface area contributed by atoms with Crippen molar-refractivity contribution in [2.75, 3.05) is 6.61 Å². The fourth-order valence-corrected chi connectivity index (χ4v) is 1.55. The van der Waals surface area contributed by atoms with E-state index in [1.165, 1.54) is 0 Å². The van der Waals surface area contributed by atoms with Crippen molar-refractivity contribution in [2.24, 2.45) is 0 Å². The Balaban J connectivity index is 2.96. The fourth-order valence-electron chi connectivity index (χ4n) is 1.12. The number of aromatic amines is 1. The van der Waals surface area contributed by atoms with Crippen LogP contribution in [-0.4, -0.2) is 21.7 Å². The van der Waals surface area contributed by atoms with Crippen molar-refractivity contribution >= 4 is 11.6 Å². The standard InChI is InChI=1S/C9H15ClN2O/c1-9(2,3)7-8(10)12-6(11-7)4-5-13/h13H,4-5H2,1-3H3,(H,11,12). The maximum Gasteiger partial charge on any atom is 0.150 e. The van der Waals surface area contributed by atoms with Gasteiger partial charge < -0.3 is 10.1 Å². The lowest BCUT2D eigenvalue weighted by atomic mass is 9.93.